The maximum absolute atomic E-state index is 11.8. The molecule has 4 nitrogen and oxygen atoms in total. The summed E-state index contributed by atoms with van der Waals surface area (Å²) in [6.45, 7) is 2.25. The van der Waals surface area contributed by atoms with Crippen molar-refractivity contribution < 1.29 is 9.90 Å². The predicted molar refractivity (Wildman–Crippen MR) is 62.0 cm³/mol. The largest absolute Gasteiger partial charge is 0.396 e. The highest BCUT2D eigenvalue weighted by Crippen LogP contribution is 2.46. The molecule has 4 heteroatoms. The van der Waals surface area contributed by atoms with Crippen LogP contribution in [0, 0.1) is 11.3 Å². The number of nitrogens with one attached hydrogen (secondary N) is 1. The summed E-state index contributed by atoms with van der Waals surface area (Å²) in [7, 11) is 1.79. The van der Waals surface area contributed by atoms with Crippen LogP contribution in [-0.2, 0) is 4.79 Å². The molecule has 0 aromatic rings. The minimum absolute atomic E-state index is 0.0155. The molecule has 16 heavy (non-hydrogen) atoms. The molecule has 1 aliphatic heterocycles. The molecule has 0 spiro atoms. The van der Waals surface area contributed by atoms with Gasteiger partial charge in [0, 0.05) is 18.5 Å². The van der Waals surface area contributed by atoms with E-state index in [-0.39, 0.29) is 17.9 Å². The molecule has 0 aromatic heterocycles. The van der Waals surface area contributed by atoms with E-state index in [0.29, 0.717) is 12.5 Å². The molecule has 2 N–H and O–H groups in total. The second kappa shape index (κ2) is 4.72. The Hall–Kier alpha value is -0.610. The van der Waals surface area contributed by atoms with Crippen molar-refractivity contribution >= 4 is 5.91 Å². The van der Waals surface area contributed by atoms with Crippen molar-refractivity contribution in [2.45, 2.75) is 25.7 Å². The molecule has 1 amide bonds. The number of aliphatic hydroxyl groups excluding tert-OH is 1. The molecule has 0 radical (unpaired) electrons. The standard InChI is InChI=1S/C12H22N2O2/c1-13-6-11(16)14-7-10-4-2-3-5-12(10,8-14)9-15/h10,13,15H,2-9H2,1H3/t10-,12-/m1/s1. The number of nitrogens with zero attached hydrogens (tertiary/aromatic N) is 1. The van der Waals surface area contributed by atoms with Gasteiger partial charge in [-0.25, -0.2) is 0 Å². The fourth-order valence-electron chi connectivity index (χ4n) is 3.29. The molecular formula is C12H22N2O2. The Morgan fingerprint density at radius 1 is 1.56 bits per heavy atom. The van der Waals surface area contributed by atoms with Crippen LogP contribution in [0.5, 0.6) is 0 Å². The summed E-state index contributed by atoms with van der Waals surface area (Å²) in [5.74, 6) is 0.691. The molecule has 2 atom stereocenters. The normalized spacial score (nSPS) is 33.9. The SMILES string of the molecule is CNCC(=O)N1C[C@H]2CCCC[C@]2(CO)C1. The number of carbonyl (C=O) groups is 1. The lowest BCUT2D eigenvalue weighted by molar-refractivity contribution is -0.129. The third-order valence-corrected chi connectivity index (χ3v) is 4.29. The smallest absolute Gasteiger partial charge is 0.236 e. The highest BCUT2D eigenvalue weighted by Gasteiger charge is 2.48. The molecule has 1 saturated heterocycles. The summed E-state index contributed by atoms with van der Waals surface area (Å²) >= 11 is 0. The third kappa shape index (κ3) is 1.96. The number of likely N-dealkylation sites (tertiary alicyclic amines) is 1. The van der Waals surface area contributed by atoms with Gasteiger partial charge in [-0.05, 0) is 25.8 Å². The van der Waals surface area contributed by atoms with Crippen LogP contribution in [0.2, 0.25) is 0 Å². The van der Waals surface area contributed by atoms with Crippen LogP contribution in [0.3, 0.4) is 0 Å². The lowest BCUT2D eigenvalue weighted by Crippen LogP contribution is -2.39. The van der Waals surface area contributed by atoms with Crippen LogP contribution < -0.4 is 5.32 Å². The van der Waals surface area contributed by atoms with Gasteiger partial charge in [0.1, 0.15) is 0 Å². The molecule has 2 rings (SSSR count). The Kier molecular flexibility index (Phi) is 3.50. The average Bonchev–Trinajstić information content (AvgIpc) is 2.69. The molecule has 0 aromatic carbocycles. The van der Waals surface area contributed by atoms with Crippen molar-refractivity contribution in [3.05, 3.63) is 0 Å². The zero-order chi connectivity index (χ0) is 11.6. The summed E-state index contributed by atoms with van der Waals surface area (Å²) in [4.78, 5) is 13.8. The van der Waals surface area contributed by atoms with Gasteiger partial charge >= 0.3 is 0 Å². The van der Waals surface area contributed by atoms with Crippen LogP contribution in [-0.4, -0.2) is 49.2 Å². The summed E-state index contributed by atoms with van der Waals surface area (Å²) in [6, 6.07) is 0. The van der Waals surface area contributed by atoms with E-state index < -0.39 is 0 Å². The summed E-state index contributed by atoms with van der Waals surface area (Å²) in [6.07, 6.45) is 4.70. The molecule has 0 bridgehead atoms. The molecule has 1 aliphatic carbocycles. The van der Waals surface area contributed by atoms with Gasteiger partial charge in [0.15, 0.2) is 0 Å². The van der Waals surface area contributed by atoms with E-state index in [1.54, 1.807) is 7.05 Å². The first kappa shape index (κ1) is 11.9. The van der Waals surface area contributed by atoms with Gasteiger partial charge < -0.3 is 15.3 Å². The minimum Gasteiger partial charge on any atom is -0.396 e. The van der Waals surface area contributed by atoms with Gasteiger partial charge in [-0.15, -0.1) is 0 Å². The van der Waals surface area contributed by atoms with Crippen molar-refractivity contribution in [2.75, 3.05) is 33.3 Å². The van der Waals surface area contributed by atoms with Gasteiger partial charge in [-0.2, -0.15) is 0 Å². The molecule has 0 unspecified atom stereocenters. The van der Waals surface area contributed by atoms with Gasteiger partial charge in [-0.3, -0.25) is 4.79 Å². The van der Waals surface area contributed by atoms with Gasteiger partial charge in [0.2, 0.25) is 5.91 Å². The molecule has 2 aliphatic rings. The molecule has 1 heterocycles. The number of fused-ring (bicyclic) bond motifs is 1. The van der Waals surface area contributed by atoms with E-state index in [4.69, 9.17) is 0 Å². The van der Waals surface area contributed by atoms with E-state index in [1.165, 1.54) is 19.3 Å². The predicted octanol–water partition coefficient (Wildman–Crippen LogP) is 0.217. The van der Waals surface area contributed by atoms with E-state index >= 15 is 0 Å². The van der Waals surface area contributed by atoms with Crippen LogP contribution >= 0.6 is 0 Å². The Balaban J connectivity index is 2.04. The third-order valence-electron chi connectivity index (χ3n) is 4.29. The van der Waals surface area contributed by atoms with E-state index in [1.807, 2.05) is 4.90 Å². The first-order chi connectivity index (χ1) is 7.72. The van der Waals surface area contributed by atoms with Gasteiger partial charge in [0.05, 0.1) is 13.2 Å². The molecular weight excluding hydrogens is 204 g/mol. The van der Waals surface area contributed by atoms with Crippen molar-refractivity contribution in [2.24, 2.45) is 11.3 Å². The molecule has 1 saturated carbocycles. The minimum atomic E-state index is 0.0155. The second-order valence-electron chi connectivity index (χ2n) is 5.27. The summed E-state index contributed by atoms with van der Waals surface area (Å²) in [5, 5.41) is 12.5. The van der Waals surface area contributed by atoms with Crippen LogP contribution in [0.1, 0.15) is 25.7 Å². The van der Waals surface area contributed by atoms with Crippen molar-refractivity contribution in [3.8, 4) is 0 Å². The topological polar surface area (TPSA) is 52.6 Å². The molecule has 92 valence electrons. The summed E-state index contributed by atoms with van der Waals surface area (Å²) < 4.78 is 0. The van der Waals surface area contributed by atoms with Gasteiger partial charge in [-0.1, -0.05) is 12.8 Å². The zero-order valence-corrected chi connectivity index (χ0v) is 10.0. The number of aliphatic hydroxyl groups is 1. The lowest BCUT2D eigenvalue weighted by atomic mass is 9.69. The van der Waals surface area contributed by atoms with Crippen molar-refractivity contribution in [3.63, 3.8) is 0 Å². The van der Waals surface area contributed by atoms with Crippen LogP contribution in [0.4, 0.5) is 0 Å². The Morgan fingerprint density at radius 3 is 3.00 bits per heavy atom. The van der Waals surface area contributed by atoms with Crippen LogP contribution in [0.25, 0.3) is 0 Å². The lowest BCUT2D eigenvalue weighted by Gasteiger charge is -2.36. The zero-order valence-electron chi connectivity index (χ0n) is 10.0. The maximum atomic E-state index is 11.8. The second-order valence-corrected chi connectivity index (χ2v) is 5.27. The van der Waals surface area contributed by atoms with Crippen molar-refractivity contribution in [1.82, 2.24) is 10.2 Å². The average molecular weight is 226 g/mol. The monoisotopic (exact) mass is 226 g/mol. The first-order valence-electron chi connectivity index (χ1n) is 6.25. The number of rotatable bonds is 3. The fraction of sp³-hybridized carbons (Fsp3) is 0.917. The van der Waals surface area contributed by atoms with E-state index in [9.17, 15) is 9.90 Å². The Morgan fingerprint density at radius 2 is 2.38 bits per heavy atom. The quantitative estimate of drug-likeness (QED) is 0.723. The highest BCUT2D eigenvalue weighted by atomic mass is 16.3. The number of likely N-dealkylation sites (N-methyl/N-ethyl adjacent to an activating group) is 1. The van der Waals surface area contributed by atoms with Crippen molar-refractivity contribution in [1.29, 1.82) is 0 Å². The Labute approximate surface area is 97.0 Å². The number of carbonyl (C=O) groups excluding carboxylic acids is 1. The summed E-state index contributed by atoms with van der Waals surface area (Å²) in [5.41, 5.74) is 0.0155. The number of hydrogen-bond donors (Lipinski definition) is 2. The highest BCUT2D eigenvalue weighted by molar-refractivity contribution is 5.78. The van der Waals surface area contributed by atoms with Crippen LogP contribution in [0.15, 0.2) is 0 Å². The van der Waals surface area contributed by atoms with E-state index in [2.05, 4.69) is 5.32 Å². The fourth-order valence-corrected chi connectivity index (χ4v) is 3.29. The van der Waals surface area contributed by atoms with Gasteiger partial charge in [0.25, 0.3) is 0 Å². The maximum Gasteiger partial charge on any atom is 0.236 e. The molecule has 2 fully saturated rings. The Bertz CT molecular complexity index is 270. The number of amides is 1. The van der Waals surface area contributed by atoms with E-state index in [0.717, 1.165) is 19.5 Å². The first-order valence-corrected chi connectivity index (χ1v) is 6.25. The number of hydrogen-bond acceptors (Lipinski definition) is 3.